The molecule has 135 heavy (non-hydrogen) atoms. The highest BCUT2D eigenvalue weighted by molar-refractivity contribution is 6.58. The molecule has 5 rings (SSSR count). The van der Waals surface area contributed by atoms with Crippen molar-refractivity contribution in [3.63, 3.8) is 0 Å². The number of ketones is 2. The van der Waals surface area contributed by atoms with Crippen LogP contribution in [0.4, 0.5) is 12.9 Å². The van der Waals surface area contributed by atoms with E-state index in [4.69, 9.17) is 16.9 Å². The van der Waals surface area contributed by atoms with Gasteiger partial charge in [0.2, 0.25) is 70.9 Å². The highest BCUT2D eigenvalue weighted by atomic mass is 19.4. The van der Waals surface area contributed by atoms with Crippen LogP contribution in [0.25, 0.3) is 10.8 Å². The molecule has 1 fully saturated rings. The number of hydrogen-bond donors (Lipinski definition) is 21. The van der Waals surface area contributed by atoms with Crippen molar-refractivity contribution in [3.05, 3.63) is 114 Å². The molecule has 1 heterocycles. The third-order valence-corrected chi connectivity index (χ3v) is 22.6. The molecule has 12 amide bonds. The van der Waals surface area contributed by atoms with Crippen molar-refractivity contribution in [3.8, 4) is 5.75 Å². The van der Waals surface area contributed by atoms with Crippen molar-refractivity contribution in [2.45, 2.75) is 261 Å². The summed E-state index contributed by atoms with van der Waals surface area (Å²) in [5, 5.41) is 86.4. The van der Waals surface area contributed by atoms with Gasteiger partial charge in [-0.1, -0.05) is 119 Å². The van der Waals surface area contributed by atoms with Crippen LogP contribution in [0.15, 0.2) is 97.1 Å². The summed E-state index contributed by atoms with van der Waals surface area (Å²) in [5.74, 6) is -20.1. The number of primary amides is 1. The number of nitrogens with two attached hydrogens (primary N) is 2. The molecule has 0 radical (unpaired) electrons. The van der Waals surface area contributed by atoms with Crippen molar-refractivity contribution in [1.82, 2.24) is 74.4 Å². The SMILES string of the molecule is CC(C)NCCCC[C@H](NC(=O)[C@H]1CCC(=O)N[C@@H](Cc2ccccc2)C(=O)N[C@@H](Cc2ccc(O)cc2)C(=O)N[C@@H](CCCCNC(C)C)C(=O)N[C@H](CCCNC(=N)N)C(=O)CC(Cc2ccc3ccccc3c2)C(=O)NCC(=O)N1)C(=O)C[C@@H](CCCCNC(=O)[C@H](CCC(=O)O)NC(=O)[C@H](CCC(=O)O)NC(=O)[C@H](CCC(=O)O)NC(=O)CCC[N+](C)(C)C[B-](F)(F)F)C(N)=O. The summed E-state index contributed by atoms with van der Waals surface area (Å²) in [7, 11) is 2.60. The first kappa shape index (κ1) is 113. The lowest BCUT2D eigenvalue weighted by molar-refractivity contribution is -0.882. The third kappa shape index (κ3) is 45.8. The third-order valence-electron chi connectivity index (χ3n) is 22.6. The smallest absolute Gasteiger partial charge is 0.508 e. The van der Waals surface area contributed by atoms with Crippen LogP contribution in [0.2, 0.25) is 0 Å². The van der Waals surface area contributed by atoms with E-state index in [1.54, 1.807) is 36.4 Å². The fraction of sp³-hybridized carbons (Fsp3) is 0.565. The molecule has 1 aliphatic heterocycles. The van der Waals surface area contributed by atoms with E-state index in [9.17, 15) is 90.9 Å². The predicted molar refractivity (Wildman–Crippen MR) is 495 cm³/mol. The Morgan fingerprint density at radius 2 is 1.01 bits per heavy atom. The average molecular weight is 1900 g/mol. The summed E-state index contributed by atoms with van der Waals surface area (Å²) < 4.78 is 39.2. The number of phenols is 1. The van der Waals surface area contributed by atoms with Gasteiger partial charge in [-0.2, -0.15) is 0 Å². The molecule has 39 nitrogen and oxygen atoms in total. The number of fused-ring (bicyclic) bond motifs is 1. The molecule has 43 heteroatoms. The van der Waals surface area contributed by atoms with Crippen LogP contribution in [0.5, 0.6) is 5.75 Å². The van der Waals surface area contributed by atoms with Crippen LogP contribution in [-0.4, -0.2) is 264 Å². The molecule has 0 aliphatic carbocycles. The Hall–Kier alpha value is -12.7. The highest BCUT2D eigenvalue weighted by Crippen LogP contribution is 2.24. The zero-order chi connectivity index (χ0) is 99.9. The first-order chi connectivity index (χ1) is 63.8. The van der Waals surface area contributed by atoms with Crippen LogP contribution in [0, 0.1) is 17.2 Å². The fourth-order valence-corrected chi connectivity index (χ4v) is 15.4. The molecular weight excluding hydrogens is 1760 g/mol. The number of aromatic hydroxyl groups is 1. The number of Topliss-reactive ketones (excluding diaryl/α,β-unsaturated/α-hetero) is 2. The standard InChI is InChI=1S/C92H136BF3N18O21/c1-56(2)100-43-16-13-25-66(75(116)52-63(83(97)127)24-12-15-45-102-85(129)69(36-40-80(121)122)111-89(133)72(38-42-82(125)126)112-88(132)71(37-41-81(123)124)105-77(118)28-19-47-114(5,6)55-93(94,95)96)108-87(131)70-35-39-78(119)107-73(50-58-20-8-7-9-21-58)90(134)113-74(51-59-30-33-65(115)34-31-59)91(135)110-68(26-14-17-44-101-57(3)4)86(130)109-67(27-18-46-103-92(98)99)76(117)53-64(84(128)104-54-79(120)106-70)49-60-29-32-61-22-10-11-23-62(61)48-60/h7-11,20-23,29-34,48,56-57,63-64,66-74,100-101,115H,12-19,24-28,35-47,49-55H2,1-6H3,(H2,97,127)(H,102,129)(H,104,128)(H,105,118)(H,106,120)(H,107,119)(H,108,131)(H,109,130)(H,110,135)(H,111,133)(H,112,132)(H,113,134)(H,121,122)(H,123,124)(H,125,126)(H4,98,99,103)/t63-,64?,66+,67-,68+,69+,70-,71+,72+,73+,74+/m1/s1. The van der Waals surface area contributed by atoms with Crippen LogP contribution < -0.4 is 85.9 Å². The number of amides is 12. The van der Waals surface area contributed by atoms with E-state index in [0.29, 0.717) is 49.0 Å². The zero-order valence-electron chi connectivity index (χ0n) is 77.6. The number of guanidine groups is 1. The zero-order valence-corrected chi connectivity index (χ0v) is 77.6. The van der Waals surface area contributed by atoms with Gasteiger partial charge in [0.25, 0.3) is 0 Å². The van der Waals surface area contributed by atoms with Crippen molar-refractivity contribution < 1.29 is 119 Å². The quantitative estimate of drug-likeness (QED) is 0.00990. The van der Waals surface area contributed by atoms with Crippen LogP contribution in [0.1, 0.15) is 192 Å². The molecule has 0 saturated carbocycles. The highest BCUT2D eigenvalue weighted by Gasteiger charge is 2.39. The summed E-state index contributed by atoms with van der Waals surface area (Å²) >= 11 is 0. The van der Waals surface area contributed by atoms with E-state index >= 15 is 24.0 Å². The minimum Gasteiger partial charge on any atom is -0.508 e. The Balaban J connectivity index is 1.48. The number of hydrogen-bond acceptors (Lipinski definition) is 21. The maximum Gasteiger partial charge on any atom is 0.531 e. The number of phenolic OH excluding ortho intramolecular Hbond substituents is 1. The van der Waals surface area contributed by atoms with E-state index in [0.717, 1.165) is 10.8 Å². The molecule has 1 aliphatic rings. The monoisotopic (exact) mass is 1900 g/mol. The van der Waals surface area contributed by atoms with Gasteiger partial charge in [0.1, 0.15) is 48.0 Å². The van der Waals surface area contributed by atoms with Gasteiger partial charge in [0.15, 0.2) is 17.5 Å². The van der Waals surface area contributed by atoms with Crippen LogP contribution >= 0.6 is 0 Å². The fourth-order valence-electron chi connectivity index (χ4n) is 15.4. The normalized spacial score (nSPS) is 18.1. The number of carboxylic acids is 3. The maximum atomic E-state index is 15.2. The van der Waals surface area contributed by atoms with Crippen molar-refractivity contribution in [2.24, 2.45) is 23.3 Å². The van der Waals surface area contributed by atoms with Gasteiger partial charge in [0.05, 0.1) is 45.7 Å². The van der Waals surface area contributed by atoms with Gasteiger partial charge in [-0.05, 0) is 149 Å². The number of carboxylic acid groups (broad SMARTS) is 3. The van der Waals surface area contributed by atoms with Crippen molar-refractivity contribution in [1.29, 1.82) is 5.41 Å². The molecule has 1 saturated heterocycles. The summed E-state index contributed by atoms with van der Waals surface area (Å²) in [6, 6.07) is 13.2. The van der Waals surface area contributed by atoms with Crippen molar-refractivity contribution in [2.75, 3.05) is 59.8 Å². The lowest BCUT2D eigenvalue weighted by atomic mass is 9.89. The second kappa shape index (κ2) is 58.5. The largest absolute Gasteiger partial charge is 0.531 e. The number of nitrogens with one attached hydrogen (secondary N) is 15. The van der Waals surface area contributed by atoms with Gasteiger partial charge in [0, 0.05) is 101 Å². The van der Waals surface area contributed by atoms with Crippen LogP contribution in [-0.2, 0) is 101 Å². The van der Waals surface area contributed by atoms with Gasteiger partial charge in [-0.15, -0.1) is 0 Å². The second-order valence-corrected chi connectivity index (χ2v) is 35.5. The number of aliphatic carboxylic acids is 3. The summed E-state index contributed by atoms with van der Waals surface area (Å²) in [4.78, 5) is 238. The van der Waals surface area contributed by atoms with Gasteiger partial charge < -0.3 is 124 Å². The second-order valence-electron chi connectivity index (χ2n) is 35.5. The topological polar surface area (TPSA) is 615 Å². The lowest BCUT2D eigenvalue weighted by Crippen LogP contribution is -2.58. The average Bonchev–Trinajstić information content (AvgIpc) is 1.69. The number of carbonyl (C=O) groups is 17. The van der Waals surface area contributed by atoms with Crippen LogP contribution in [0.3, 0.4) is 0 Å². The maximum absolute atomic E-state index is 15.2. The van der Waals surface area contributed by atoms with E-state index in [2.05, 4.69) is 74.4 Å². The Kier molecular flexibility index (Phi) is 48.9. The molecule has 744 valence electrons. The summed E-state index contributed by atoms with van der Waals surface area (Å²) in [6.45, 7) is 2.41. The van der Waals surface area contributed by atoms with Gasteiger partial charge in [-0.3, -0.25) is 86.9 Å². The molecule has 1 unspecified atom stereocenters. The minimum atomic E-state index is -5.20. The minimum absolute atomic E-state index is 0.0206. The molecule has 0 bridgehead atoms. The first-order valence-corrected chi connectivity index (χ1v) is 46.0. The number of carbonyl (C=O) groups excluding carboxylic acids is 14. The molecule has 23 N–H and O–H groups in total. The van der Waals surface area contributed by atoms with Gasteiger partial charge >= 0.3 is 24.9 Å². The Labute approximate surface area is 783 Å². The van der Waals surface area contributed by atoms with E-state index in [-0.39, 0.29) is 120 Å². The van der Waals surface area contributed by atoms with E-state index < -0.39 is 262 Å². The Morgan fingerprint density at radius 1 is 0.504 bits per heavy atom. The number of nitrogens with zero attached hydrogens (tertiary/aromatic N) is 1. The van der Waals surface area contributed by atoms with E-state index in [1.807, 2.05) is 64.1 Å². The molecule has 11 atom stereocenters. The first-order valence-electron chi connectivity index (χ1n) is 46.0. The number of unbranched alkanes of at least 4 members (excludes halogenated alkanes) is 3. The molecule has 4 aromatic carbocycles. The molecule has 0 spiro atoms. The Morgan fingerprint density at radius 3 is 1.60 bits per heavy atom. The predicted octanol–water partition coefficient (Wildman–Crippen LogP) is 2.21. The number of halogens is 3. The molecule has 0 aromatic heterocycles. The number of rotatable bonds is 54. The van der Waals surface area contributed by atoms with E-state index in [1.165, 1.54) is 38.4 Å². The number of quaternary nitrogens is 1. The Bertz CT molecular complexity index is 4650. The number of benzene rings is 4. The molecular formula is C92H136BF3N18O21. The summed E-state index contributed by atoms with van der Waals surface area (Å²) in [6.07, 6.45) is -6.90. The lowest BCUT2D eigenvalue weighted by Gasteiger charge is -2.34. The molecule has 4 aromatic rings. The summed E-state index contributed by atoms with van der Waals surface area (Å²) in [5.41, 5.74) is 13.2. The van der Waals surface area contributed by atoms with Crippen molar-refractivity contribution >= 4 is 124 Å². The van der Waals surface area contributed by atoms with Gasteiger partial charge in [-0.25, -0.2) is 0 Å².